The second kappa shape index (κ2) is 3.31. The zero-order chi connectivity index (χ0) is 11.0. The van der Waals surface area contributed by atoms with E-state index in [2.05, 4.69) is 4.98 Å². The summed E-state index contributed by atoms with van der Waals surface area (Å²) in [6, 6.07) is 5.66. The molecule has 15 heavy (non-hydrogen) atoms. The van der Waals surface area contributed by atoms with E-state index in [-0.39, 0.29) is 0 Å². The van der Waals surface area contributed by atoms with Crippen molar-refractivity contribution in [1.82, 2.24) is 4.98 Å². The number of carbonyl (C=O) groups excluding carboxylic acids is 1. The number of halogens is 1. The van der Waals surface area contributed by atoms with Crippen LogP contribution in [0.2, 0.25) is 0 Å². The van der Waals surface area contributed by atoms with Crippen LogP contribution in [-0.2, 0) is 0 Å². The number of carbonyl (C=O) groups is 1. The number of pyridine rings is 1. The van der Waals surface area contributed by atoms with Crippen LogP contribution in [0.25, 0.3) is 10.9 Å². The van der Waals surface area contributed by atoms with Crippen LogP contribution in [0.15, 0.2) is 24.3 Å². The first kappa shape index (κ1) is 9.58. The molecule has 3 nitrogen and oxygen atoms in total. The SMILES string of the molecule is Cc1cc(C(N)=O)c2cc(F)ccc2n1. The quantitative estimate of drug-likeness (QED) is 0.769. The number of primary amides is 1. The minimum atomic E-state index is -0.573. The van der Waals surface area contributed by atoms with Crippen molar-refractivity contribution in [3.05, 3.63) is 41.3 Å². The molecule has 2 rings (SSSR count). The Labute approximate surface area is 85.7 Å². The van der Waals surface area contributed by atoms with Crippen LogP contribution in [0.4, 0.5) is 4.39 Å². The largest absolute Gasteiger partial charge is 0.366 e. The molecule has 1 aromatic carbocycles. The van der Waals surface area contributed by atoms with Crippen LogP contribution >= 0.6 is 0 Å². The maximum atomic E-state index is 13.0. The van der Waals surface area contributed by atoms with Gasteiger partial charge in [0.25, 0.3) is 0 Å². The van der Waals surface area contributed by atoms with Crippen molar-refractivity contribution in [2.24, 2.45) is 5.73 Å². The van der Waals surface area contributed by atoms with Gasteiger partial charge in [-0.1, -0.05) is 0 Å². The second-order valence-corrected chi connectivity index (χ2v) is 3.34. The van der Waals surface area contributed by atoms with E-state index in [9.17, 15) is 9.18 Å². The van der Waals surface area contributed by atoms with E-state index in [1.54, 1.807) is 13.0 Å². The summed E-state index contributed by atoms with van der Waals surface area (Å²) in [6.07, 6.45) is 0. The maximum Gasteiger partial charge on any atom is 0.249 e. The van der Waals surface area contributed by atoms with E-state index in [1.165, 1.54) is 18.2 Å². The molecular formula is C11H9FN2O. The first-order valence-corrected chi connectivity index (χ1v) is 4.44. The molecule has 2 aromatic rings. The van der Waals surface area contributed by atoms with Crippen LogP contribution in [-0.4, -0.2) is 10.9 Å². The molecule has 0 unspecified atom stereocenters. The number of hydrogen-bond acceptors (Lipinski definition) is 2. The fourth-order valence-corrected chi connectivity index (χ4v) is 1.53. The van der Waals surface area contributed by atoms with E-state index in [0.717, 1.165) is 0 Å². The van der Waals surface area contributed by atoms with Crippen molar-refractivity contribution >= 4 is 16.8 Å². The fourth-order valence-electron chi connectivity index (χ4n) is 1.53. The van der Waals surface area contributed by atoms with E-state index < -0.39 is 11.7 Å². The lowest BCUT2D eigenvalue weighted by molar-refractivity contribution is 0.100. The molecule has 1 aromatic heterocycles. The highest BCUT2D eigenvalue weighted by molar-refractivity contribution is 6.05. The van der Waals surface area contributed by atoms with Gasteiger partial charge in [-0.05, 0) is 31.2 Å². The molecule has 0 radical (unpaired) electrons. The third-order valence-electron chi connectivity index (χ3n) is 2.16. The van der Waals surface area contributed by atoms with Crippen LogP contribution in [0.5, 0.6) is 0 Å². The lowest BCUT2D eigenvalue weighted by Gasteiger charge is -2.04. The number of rotatable bonds is 1. The summed E-state index contributed by atoms with van der Waals surface area (Å²) in [7, 11) is 0. The lowest BCUT2D eigenvalue weighted by Crippen LogP contribution is -2.12. The monoisotopic (exact) mass is 204 g/mol. The Balaban J connectivity index is 2.87. The van der Waals surface area contributed by atoms with E-state index >= 15 is 0 Å². The Morgan fingerprint density at radius 3 is 2.80 bits per heavy atom. The summed E-state index contributed by atoms with van der Waals surface area (Å²) in [5, 5.41) is 0.452. The van der Waals surface area contributed by atoms with Gasteiger partial charge in [0, 0.05) is 11.1 Å². The van der Waals surface area contributed by atoms with Gasteiger partial charge in [0.05, 0.1) is 11.1 Å². The van der Waals surface area contributed by atoms with Crippen molar-refractivity contribution in [3.8, 4) is 0 Å². The average Bonchev–Trinajstić information content (AvgIpc) is 2.17. The smallest absolute Gasteiger partial charge is 0.249 e. The summed E-state index contributed by atoms with van der Waals surface area (Å²) in [5.74, 6) is -0.980. The normalized spacial score (nSPS) is 10.5. The number of aromatic nitrogens is 1. The maximum absolute atomic E-state index is 13.0. The number of amides is 1. The number of aryl methyl sites for hydroxylation is 1. The van der Waals surface area contributed by atoms with Crippen LogP contribution in [0.3, 0.4) is 0 Å². The molecule has 2 N–H and O–H groups in total. The van der Waals surface area contributed by atoms with Crippen LogP contribution in [0, 0.1) is 12.7 Å². The van der Waals surface area contributed by atoms with Crippen molar-refractivity contribution < 1.29 is 9.18 Å². The number of fused-ring (bicyclic) bond motifs is 1. The highest BCUT2D eigenvalue weighted by Gasteiger charge is 2.09. The number of nitrogens with zero attached hydrogens (tertiary/aromatic N) is 1. The molecule has 0 aliphatic heterocycles. The fraction of sp³-hybridized carbons (Fsp3) is 0.0909. The average molecular weight is 204 g/mol. The Morgan fingerprint density at radius 1 is 1.40 bits per heavy atom. The van der Waals surface area contributed by atoms with E-state index in [0.29, 0.717) is 22.2 Å². The molecule has 0 atom stereocenters. The van der Waals surface area contributed by atoms with E-state index in [4.69, 9.17) is 5.73 Å². The molecule has 0 fully saturated rings. The van der Waals surface area contributed by atoms with Gasteiger partial charge in [-0.25, -0.2) is 4.39 Å². The standard InChI is InChI=1S/C11H9FN2O/c1-6-4-9(11(13)15)8-5-7(12)2-3-10(8)14-6/h2-5H,1H3,(H2,13,15). The summed E-state index contributed by atoms with van der Waals surface area (Å²) in [5.41, 5.74) is 6.77. The van der Waals surface area contributed by atoms with Gasteiger partial charge in [0.15, 0.2) is 0 Å². The molecule has 0 saturated carbocycles. The van der Waals surface area contributed by atoms with Crippen LogP contribution < -0.4 is 5.73 Å². The molecular weight excluding hydrogens is 195 g/mol. The Morgan fingerprint density at radius 2 is 2.13 bits per heavy atom. The Bertz CT molecular complexity index is 552. The topological polar surface area (TPSA) is 56.0 Å². The van der Waals surface area contributed by atoms with Gasteiger partial charge < -0.3 is 5.73 Å². The van der Waals surface area contributed by atoms with Gasteiger partial charge in [-0.2, -0.15) is 0 Å². The van der Waals surface area contributed by atoms with Crippen LogP contribution in [0.1, 0.15) is 16.1 Å². The number of hydrogen-bond donors (Lipinski definition) is 1. The zero-order valence-electron chi connectivity index (χ0n) is 8.12. The predicted octanol–water partition coefficient (Wildman–Crippen LogP) is 1.78. The van der Waals surface area contributed by atoms with Crippen molar-refractivity contribution in [1.29, 1.82) is 0 Å². The summed E-state index contributed by atoms with van der Waals surface area (Å²) in [4.78, 5) is 15.3. The third-order valence-corrected chi connectivity index (χ3v) is 2.16. The Hall–Kier alpha value is -1.97. The first-order chi connectivity index (χ1) is 7.08. The molecule has 0 bridgehead atoms. The van der Waals surface area contributed by atoms with Gasteiger partial charge in [-0.15, -0.1) is 0 Å². The molecule has 0 aliphatic carbocycles. The summed E-state index contributed by atoms with van der Waals surface area (Å²) >= 11 is 0. The molecule has 1 heterocycles. The predicted molar refractivity (Wildman–Crippen MR) is 55.0 cm³/mol. The van der Waals surface area contributed by atoms with Crippen molar-refractivity contribution in [2.45, 2.75) is 6.92 Å². The molecule has 0 aliphatic rings. The summed E-state index contributed by atoms with van der Waals surface area (Å²) in [6.45, 7) is 1.76. The highest BCUT2D eigenvalue weighted by atomic mass is 19.1. The van der Waals surface area contributed by atoms with Gasteiger partial charge >= 0.3 is 0 Å². The van der Waals surface area contributed by atoms with Crippen molar-refractivity contribution in [3.63, 3.8) is 0 Å². The third kappa shape index (κ3) is 1.66. The first-order valence-electron chi connectivity index (χ1n) is 4.44. The molecule has 0 spiro atoms. The zero-order valence-corrected chi connectivity index (χ0v) is 8.12. The highest BCUT2D eigenvalue weighted by Crippen LogP contribution is 2.19. The molecule has 0 saturated heterocycles. The van der Waals surface area contributed by atoms with Gasteiger partial charge in [0.1, 0.15) is 5.82 Å². The minimum Gasteiger partial charge on any atom is -0.366 e. The Kier molecular flexibility index (Phi) is 2.11. The molecule has 1 amide bonds. The van der Waals surface area contributed by atoms with E-state index in [1.807, 2.05) is 0 Å². The lowest BCUT2D eigenvalue weighted by atomic mass is 10.1. The number of benzene rings is 1. The van der Waals surface area contributed by atoms with Crippen molar-refractivity contribution in [2.75, 3.05) is 0 Å². The second-order valence-electron chi connectivity index (χ2n) is 3.34. The molecule has 76 valence electrons. The van der Waals surface area contributed by atoms with Gasteiger partial charge in [-0.3, -0.25) is 9.78 Å². The molecule has 4 heteroatoms. The summed E-state index contributed by atoms with van der Waals surface area (Å²) < 4.78 is 13.0. The number of nitrogens with two attached hydrogens (primary N) is 1. The van der Waals surface area contributed by atoms with Gasteiger partial charge in [0.2, 0.25) is 5.91 Å². The minimum absolute atomic E-state index is 0.303.